The highest BCUT2D eigenvalue weighted by molar-refractivity contribution is 4.85. The predicted molar refractivity (Wildman–Crippen MR) is 59.4 cm³/mol. The van der Waals surface area contributed by atoms with Crippen molar-refractivity contribution >= 4 is 0 Å². The van der Waals surface area contributed by atoms with E-state index in [1.165, 1.54) is 19.3 Å². The van der Waals surface area contributed by atoms with Crippen LogP contribution < -0.4 is 10.6 Å². The number of aliphatic hydroxyl groups is 1. The van der Waals surface area contributed by atoms with Crippen LogP contribution in [-0.2, 0) is 0 Å². The Labute approximate surface area is 87.3 Å². The van der Waals surface area contributed by atoms with Crippen molar-refractivity contribution in [3.8, 4) is 0 Å². The summed E-state index contributed by atoms with van der Waals surface area (Å²) in [5.41, 5.74) is 0. The molecule has 0 amide bonds. The second kappa shape index (κ2) is 6.38. The van der Waals surface area contributed by atoms with Gasteiger partial charge in [-0.15, -0.1) is 0 Å². The summed E-state index contributed by atoms with van der Waals surface area (Å²) in [7, 11) is 0. The molecular formula is C11H24N2O. The van der Waals surface area contributed by atoms with E-state index < -0.39 is 0 Å². The minimum Gasteiger partial charge on any atom is -0.396 e. The van der Waals surface area contributed by atoms with Gasteiger partial charge in [0.15, 0.2) is 0 Å². The third kappa shape index (κ3) is 3.95. The van der Waals surface area contributed by atoms with E-state index in [-0.39, 0.29) is 6.61 Å². The molecule has 3 N–H and O–H groups in total. The Morgan fingerprint density at radius 1 is 1.43 bits per heavy atom. The Morgan fingerprint density at radius 3 is 2.71 bits per heavy atom. The molecule has 0 radical (unpaired) electrons. The average molecular weight is 200 g/mol. The second-order valence-electron chi connectivity index (χ2n) is 4.50. The molecule has 0 bridgehead atoms. The molecule has 2 atom stereocenters. The van der Waals surface area contributed by atoms with Crippen molar-refractivity contribution in [3.05, 3.63) is 0 Å². The zero-order valence-electron chi connectivity index (χ0n) is 9.42. The third-order valence-electron chi connectivity index (χ3n) is 2.82. The van der Waals surface area contributed by atoms with Crippen molar-refractivity contribution in [2.75, 3.05) is 13.2 Å². The van der Waals surface area contributed by atoms with E-state index in [0.717, 1.165) is 13.0 Å². The van der Waals surface area contributed by atoms with Crippen LogP contribution in [0.5, 0.6) is 0 Å². The van der Waals surface area contributed by atoms with Gasteiger partial charge in [0, 0.05) is 24.7 Å². The average Bonchev–Trinajstić information content (AvgIpc) is 2.18. The van der Waals surface area contributed by atoms with Crippen molar-refractivity contribution in [3.63, 3.8) is 0 Å². The van der Waals surface area contributed by atoms with Crippen LogP contribution in [0, 0.1) is 0 Å². The minimum atomic E-state index is 0.280. The number of rotatable bonds is 5. The normalized spacial score (nSPS) is 25.3. The summed E-state index contributed by atoms with van der Waals surface area (Å²) in [6, 6.07) is 1.48. The highest BCUT2D eigenvalue weighted by Gasteiger charge is 2.22. The molecule has 3 heteroatoms. The first-order chi connectivity index (χ1) is 6.74. The van der Waals surface area contributed by atoms with Crippen molar-refractivity contribution in [2.45, 2.75) is 57.7 Å². The topological polar surface area (TPSA) is 44.3 Å². The van der Waals surface area contributed by atoms with Crippen LogP contribution in [0.1, 0.15) is 39.5 Å². The summed E-state index contributed by atoms with van der Waals surface area (Å²) in [5.74, 6) is 0. The first-order valence-corrected chi connectivity index (χ1v) is 5.84. The maximum atomic E-state index is 9.01. The third-order valence-corrected chi connectivity index (χ3v) is 2.82. The summed E-state index contributed by atoms with van der Waals surface area (Å²) in [6.45, 7) is 5.73. The largest absolute Gasteiger partial charge is 0.396 e. The Balaban J connectivity index is 2.38. The standard InChI is InChI=1S/C11H24N2O/c1-9(2)13-11(6-8-14)10-5-3-4-7-12-10/h9-14H,3-8H2,1-2H3. The van der Waals surface area contributed by atoms with Crippen LogP contribution in [0.3, 0.4) is 0 Å². The molecule has 0 saturated carbocycles. The van der Waals surface area contributed by atoms with Crippen LogP contribution >= 0.6 is 0 Å². The first-order valence-electron chi connectivity index (χ1n) is 5.84. The van der Waals surface area contributed by atoms with Gasteiger partial charge in [0.2, 0.25) is 0 Å². The van der Waals surface area contributed by atoms with Crippen molar-refractivity contribution in [1.82, 2.24) is 10.6 Å². The van der Waals surface area contributed by atoms with E-state index in [2.05, 4.69) is 24.5 Å². The molecule has 0 aromatic carbocycles. The predicted octanol–water partition coefficient (Wildman–Crippen LogP) is 0.877. The minimum absolute atomic E-state index is 0.280. The SMILES string of the molecule is CC(C)NC(CCO)C1CCCCN1. The van der Waals surface area contributed by atoms with Gasteiger partial charge >= 0.3 is 0 Å². The fraction of sp³-hybridized carbons (Fsp3) is 1.00. The van der Waals surface area contributed by atoms with Gasteiger partial charge in [-0.05, 0) is 25.8 Å². The highest BCUT2D eigenvalue weighted by Crippen LogP contribution is 2.13. The van der Waals surface area contributed by atoms with Gasteiger partial charge < -0.3 is 15.7 Å². The zero-order chi connectivity index (χ0) is 10.4. The molecule has 84 valence electrons. The fourth-order valence-electron chi connectivity index (χ4n) is 2.19. The molecule has 1 fully saturated rings. The van der Waals surface area contributed by atoms with E-state index in [4.69, 9.17) is 5.11 Å². The maximum absolute atomic E-state index is 9.01. The van der Waals surface area contributed by atoms with Gasteiger partial charge in [-0.1, -0.05) is 20.3 Å². The van der Waals surface area contributed by atoms with Gasteiger partial charge in [0.25, 0.3) is 0 Å². The van der Waals surface area contributed by atoms with Crippen LogP contribution in [0.15, 0.2) is 0 Å². The molecule has 1 rings (SSSR count). The van der Waals surface area contributed by atoms with E-state index >= 15 is 0 Å². The van der Waals surface area contributed by atoms with Crippen LogP contribution in [-0.4, -0.2) is 36.4 Å². The summed E-state index contributed by atoms with van der Waals surface area (Å²) in [5, 5.41) is 16.1. The Bertz CT molecular complexity index is 144. The molecule has 1 saturated heterocycles. The van der Waals surface area contributed by atoms with Gasteiger partial charge in [-0.2, -0.15) is 0 Å². The maximum Gasteiger partial charge on any atom is 0.0446 e. The zero-order valence-corrected chi connectivity index (χ0v) is 9.42. The van der Waals surface area contributed by atoms with Crippen molar-refractivity contribution in [2.24, 2.45) is 0 Å². The van der Waals surface area contributed by atoms with E-state index in [0.29, 0.717) is 18.1 Å². The molecule has 1 aliphatic rings. The molecule has 2 unspecified atom stereocenters. The van der Waals surface area contributed by atoms with E-state index in [1.54, 1.807) is 0 Å². The Morgan fingerprint density at radius 2 is 2.21 bits per heavy atom. The molecule has 1 heterocycles. The number of hydrogen-bond donors (Lipinski definition) is 3. The smallest absolute Gasteiger partial charge is 0.0446 e. The quantitative estimate of drug-likeness (QED) is 0.617. The first kappa shape index (κ1) is 12.0. The van der Waals surface area contributed by atoms with Crippen LogP contribution in [0.25, 0.3) is 0 Å². The van der Waals surface area contributed by atoms with E-state index in [9.17, 15) is 0 Å². The molecule has 3 nitrogen and oxygen atoms in total. The number of aliphatic hydroxyl groups excluding tert-OH is 1. The Hall–Kier alpha value is -0.120. The van der Waals surface area contributed by atoms with Gasteiger partial charge in [-0.3, -0.25) is 0 Å². The summed E-state index contributed by atoms with van der Waals surface area (Å²) in [4.78, 5) is 0. The number of piperidine rings is 1. The van der Waals surface area contributed by atoms with Gasteiger partial charge in [0.1, 0.15) is 0 Å². The van der Waals surface area contributed by atoms with Crippen LogP contribution in [0.2, 0.25) is 0 Å². The molecule has 1 aliphatic heterocycles. The summed E-state index contributed by atoms with van der Waals surface area (Å²) >= 11 is 0. The fourth-order valence-corrected chi connectivity index (χ4v) is 2.19. The van der Waals surface area contributed by atoms with Gasteiger partial charge in [0.05, 0.1) is 0 Å². The lowest BCUT2D eigenvalue weighted by Gasteiger charge is -2.33. The summed E-state index contributed by atoms with van der Waals surface area (Å²) < 4.78 is 0. The molecule has 0 aromatic rings. The Kier molecular flexibility index (Phi) is 5.45. The monoisotopic (exact) mass is 200 g/mol. The number of nitrogens with one attached hydrogen (secondary N) is 2. The lowest BCUT2D eigenvalue weighted by atomic mass is 9.95. The molecule has 0 spiro atoms. The highest BCUT2D eigenvalue weighted by atomic mass is 16.3. The molecule has 14 heavy (non-hydrogen) atoms. The summed E-state index contributed by atoms with van der Waals surface area (Å²) in [6.07, 6.45) is 4.71. The van der Waals surface area contributed by atoms with E-state index in [1.807, 2.05) is 0 Å². The molecule has 0 aromatic heterocycles. The van der Waals surface area contributed by atoms with Crippen molar-refractivity contribution in [1.29, 1.82) is 0 Å². The lowest BCUT2D eigenvalue weighted by Crippen LogP contribution is -2.52. The lowest BCUT2D eigenvalue weighted by molar-refractivity contribution is 0.222. The van der Waals surface area contributed by atoms with Crippen molar-refractivity contribution < 1.29 is 5.11 Å². The molecule has 0 aliphatic carbocycles. The number of hydrogen-bond acceptors (Lipinski definition) is 3. The molecular weight excluding hydrogens is 176 g/mol. The van der Waals surface area contributed by atoms with Gasteiger partial charge in [-0.25, -0.2) is 0 Å². The van der Waals surface area contributed by atoms with Crippen LogP contribution in [0.4, 0.5) is 0 Å². The second-order valence-corrected chi connectivity index (χ2v) is 4.50.